The van der Waals surface area contributed by atoms with E-state index in [0.717, 1.165) is 10.0 Å². The topological polar surface area (TPSA) is 34.1 Å². The molecule has 2 rings (SSSR count). The first-order chi connectivity index (χ1) is 9.29. The van der Waals surface area contributed by atoms with Crippen LogP contribution < -0.4 is 0 Å². The SMILES string of the molecule is Cc1ccc(S(=O)(=O)Cc2cc(Cl)ccc2Br)c(Br)c1. The van der Waals surface area contributed by atoms with Crippen molar-refractivity contribution in [1.82, 2.24) is 0 Å². The number of halogens is 3. The number of hydrogen-bond donors (Lipinski definition) is 0. The third-order valence-electron chi connectivity index (χ3n) is 2.78. The minimum absolute atomic E-state index is 0.101. The Kier molecular flexibility index (Phi) is 4.95. The molecule has 0 aromatic heterocycles. The molecule has 6 heteroatoms. The zero-order chi connectivity index (χ0) is 14.9. The molecule has 0 aliphatic rings. The van der Waals surface area contributed by atoms with E-state index >= 15 is 0 Å². The first kappa shape index (κ1) is 16.0. The van der Waals surface area contributed by atoms with Gasteiger partial charge in [0.15, 0.2) is 9.84 Å². The van der Waals surface area contributed by atoms with E-state index < -0.39 is 9.84 Å². The first-order valence-electron chi connectivity index (χ1n) is 5.72. The van der Waals surface area contributed by atoms with Crippen LogP contribution in [-0.2, 0) is 15.6 Å². The van der Waals surface area contributed by atoms with Crippen molar-refractivity contribution < 1.29 is 8.42 Å². The lowest BCUT2D eigenvalue weighted by Gasteiger charge is -2.09. The van der Waals surface area contributed by atoms with E-state index in [-0.39, 0.29) is 10.6 Å². The van der Waals surface area contributed by atoms with Crippen molar-refractivity contribution >= 4 is 53.3 Å². The molecule has 2 aromatic carbocycles. The third kappa shape index (κ3) is 3.64. The molecule has 0 N–H and O–H groups in total. The summed E-state index contributed by atoms with van der Waals surface area (Å²) in [6.45, 7) is 1.91. The van der Waals surface area contributed by atoms with Gasteiger partial charge >= 0.3 is 0 Å². The standard InChI is InChI=1S/C14H11Br2ClO2S/c1-9-2-5-14(13(16)6-9)20(18,19)8-10-7-11(17)3-4-12(10)15/h2-7H,8H2,1H3. The highest BCUT2D eigenvalue weighted by molar-refractivity contribution is 9.10. The molecule has 0 bridgehead atoms. The molecule has 0 spiro atoms. The predicted octanol–water partition coefficient (Wildman–Crippen LogP) is 5.15. The lowest BCUT2D eigenvalue weighted by atomic mass is 10.2. The minimum atomic E-state index is -3.44. The van der Waals surface area contributed by atoms with Crippen LogP contribution in [0.1, 0.15) is 11.1 Å². The predicted molar refractivity (Wildman–Crippen MR) is 88.9 cm³/mol. The fourth-order valence-electron chi connectivity index (χ4n) is 1.79. The van der Waals surface area contributed by atoms with Gasteiger partial charge in [0.2, 0.25) is 0 Å². The third-order valence-corrected chi connectivity index (χ3v) is 6.42. The Bertz CT molecular complexity index is 758. The molecule has 0 heterocycles. The molecule has 20 heavy (non-hydrogen) atoms. The van der Waals surface area contributed by atoms with Crippen molar-refractivity contribution in [1.29, 1.82) is 0 Å². The van der Waals surface area contributed by atoms with Gasteiger partial charge in [0, 0.05) is 14.0 Å². The van der Waals surface area contributed by atoms with Crippen LogP contribution in [-0.4, -0.2) is 8.42 Å². The average molecular weight is 439 g/mol. The Morgan fingerprint density at radius 1 is 1.05 bits per heavy atom. The maximum Gasteiger partial charge on any atom is 0.183 e. The minimum Gasteiger partial charge on any atom is -0.223 e. The van der Waals surface area contributed by atoms with Crippen molar-refractivity contribution in [2.75, 3.05) is 0 Å². The summed E-state index contributed by atoms with van der Waals surface area (Å²) in [5.74, 6) is -0.101. The second-order valence-corrected chi connectivity index (χ2v) is 8.53. The smallest absolute Gasteiger partial charge is 0.183 e. The van der Waals surface area contributed by atoms with E-state index in [2.05, 4.69) is 31.9 Å². The Morgan fingerprint density at radius 2 is 1.75 bits per heavy atom. The second kappa shape index (κ2) is 6.18. The highest BCUT2D eigenvalue weighted by Crippen LogP contribution is 2.29. The fraction of sp³-hybridized carbons (Fsp3) is 0.143. The highest BCUT2D eigenvalue weighted by atomic mass is 79.9. The van der Waals surface area contributed by atoms with Gasteiger partial charge in [-0.3, -0.25) is 0 Å². The fourth-order valence-corrected chi connectivity index (χ4v) is 5.23. The Morgan fingerprint density at radius 3 is 2.40 bits per heavy atom. The summed E-state index contributed by atoms with van der Waals surface area (Å²) in [6.07, 6.45) is 0. The molecule has 0 fully saturated rings. The normalized spacial score (nSPS) is 11.6. The summed E-state index contributed by atoms with van der Waals surface area (Å²) in [5, 5.41) is 0.515. The largest absolute Gasteiger partial charge is 0.223 e. The van der Waals surface area contributed by atoms with Crippen molar-refractivity contribution in [2.45, 2.75) is 17.6 Å². The van der Waals surface area contributed by atoms with Gasteiger partial charge in [-0.15, -0.1) is 0 Å². The summed E-state index contributed by atoms with van der Waals surface area (Å²) in [4.78, 5) is 0.287. The van der Waals surface area contributed by atoms with E-state index in [4.69, 9.17) is 11.6 Å². The molecule has 0 aliphatic heterocycles. The van der Waals surface area contributed by atoms with Gasteiger partial charge in [-0.05, 0) is 64.3 Å². The van der Waals surface area contributed by atoms with E-state index in [9.17, 15) is 8.42 Å². The lowest BCUT2D eigenvalue weighted by molar-refractivity contribution is 0.594. The van der Waals surface area contributed by atoms with Gasteiger partial charge in [-0.2, -0.15) is 0 Å². The molecule has 2 nitrogen and oxygen atoms in total. The van der Waals surface area contributed by atoms with E-state index in [0.29, 0.717) is 15.1 Å². The van der Waals surface area contributed by atoms with Crippen LogP contribution in [0.2, 0.25) is 5.02 Å². The Hall–Kier alpha value is -0.360. The zero-order valence-corrected chi connectivity index (χ0v) is 15.3. The van der Waals surface area contributed by atoms with Crippen molar-refractivity contribution in [2.24, 2.45) is 0 Å². The van der Waals surface area contributed by atoms with Gasteiger partial charge < -0.3 is 0 Å². The van der Waals surface area contributed by atoms with Crippen molar-refractivity contribution in [3.63, 3.8) is 0 Å². The molecule has 2 aromatic rings. The number of sulfone groups is 1. The molecular weight excluding hydrogens is 427 g/mol. The van der Waals surface area contributed by atoms with Crippen LogP contribution in [0.25, 0.3) is 0 Å². The molecular formula is C14H11Br2ClO2S. The molecule has 0 unspecified atom stereocenters. The van der Waals surface area contributed by atoms with Gasteiger partial charge in [-0.1, -0.05) is 33.6 Å². The first-order valence-corrected chi connectivity index (χ1v) is 9.34. The molecule has 0 saturated carbocycles. The maximum absolute atomic E-state index is 12.5. The molecule has 0 atom stereocenters. The van der Waals surface area contributed by atoms with Crippen LogP contribution in [0, 0.1) is 6.92 Å². The van der Waals surface area contributed by atoms with E-state index in [1.807, 2.05) is 6.92 Å². The quantitative estimate of drug-likeness (QED) is 0.664. The van der Waals surface area contributed by atoms with Crippen LogP contribution in [0.4, 0.5) is 0 Å². The van der Waals surface area contributed by atoms with Gasteiger partial charge in [-0.25, -0.2) is 8.42 Å². The van der Waals surface area contributed by atoms with Gasteiger partial charge in [0.1, 0.15) is 0 Å². The Balaban J connectivity index is 2.43. The molecule has 0 aliphatic carbocycles. The summed E-state index contributed by atoms with van der Waals surface area (Å²) >= 11 is 12.6. The maximum atomic E-state index is 12.5. The van der Waals surface area contributed by atoms with E-state index in [1.165, 1.54) is 0 Å². The number of benzene rings is 2. The van der Waals surface area contributed by atoms with Crippen LogP contribution >= 0.6 is 43.5 Å². The summed E-state index contributed by atoms with van der Waals surface area (Å²) < 4.78 is 26.3. The molecule has 106 valence electrons. The number of hydrogen-bond acceptors (Lipinski definition) is 2. The van der Waals surface area contributed by atoms with Crippen LogP contribution in [0.5, 0.6) is 0 Å². The van der Waals surface area contributed by atoms with E-state index in [1.54, 1.807) is 36.4 Å². The number of rotatable bonds is 3. The summed E-state index contributed by atoms with van der Waals surface area (Å²) in [7, 11) is -3.44. The van der Waals surface area contributed by atoms with Gasteiger partial charge in [0.05, 0.1) is 10.6 Å². The molecule has 0 radical (unpaired) electrons. The summed E-state index contributed by atoms with van der Waals surface area (Å²) in [6, 6.07) is 10.3. The molecule has 0 amide bonds. The summed E-state index contributed by atoms with van der Waals surface area (Å²) in [5.41, 5.74) is 1.64. The van der Waals surface area contributed by atoms with Gasteiger partial charge in [0.25, 0.3) is 0 Å². The molecule has 0 saturated heterocycles. The second-order valence-electron chi connectivity index (χ2n) is 4.43. The number of aryl methyl sites for hydroxylation is 1. The van der Waals surface area contributed by atoms with Crippen LogP contribution in [0.15, 0.2) is 50.2 Å². The monoisotopic (exact) mass is 436 g/mol. The zero-order valence-electron chi connectivity index (χ0n) is 10.5. The Labute approximate surface area is 140 Å². The van der Waals surface area contributed by atoms with Crippen LogP contribution in [0.3, 0.4) is 0 Å². The van der Waals surface area contributed by atoms with Crippen molar-refractivity contribution in [3.05, 3.63) is 61.5 Å². The highest BCUT2D eigenvalue weighted by Gasteiger charge is 2.20. The lowest BCUT2D eigenvalue weighted by Crippen LogP contribution is -2.06. The average Bonchev–Trinajstić information content (AvgIpc) is 2.33. The van der Waals surface area contributed by atoms with Crippen molar-refractivity contribution in [3.8, 4) is 0 Å².